The van der Waals surface area contributed by atoms with Crippen LogP contribution in [-0.2, 0) is 14.2 Å². The molecule has 3 heterocycles. The molecule has 2 aliphatic heterocycles. The smallest absolute Gasteiger partial charge is 0.338 e. The third kappa shape index (κ3) is 5.46. The number of carbonyl (C=O) groups is 2. The van der Waals surface area contributed by atoms with Gasteiger partial charge in [-0.3, -0.25) is 4.79 Å². The number of hydrogen-bond acceptors (Lipinski definition) is 13. The minimum absolute atomic E-state index is 0.133. The van der Waals surface area contributed by atoms with E-state index in [0.29, 0.717) is 0 Å². The van der Waals surface area contributed by atoms with Gasteiger partial charge in [0.15, 0.2) is 6.23 Å². The molecule has 4 rings (SSSR count). The first-order chi connectivity index (χ1) is 17.2. The summed E-state index contributed by atoms with van der Waals surface area (Å²) in [4.78, 5) is 27.3. The Kier molecular flexibility index (Phi) is 7.79. The van der Waals surface area contributed by atoms with Crippen LogP contribution < -0.4 is 10.5 Å². The van der Waals surface area contributed by atoms with Gasteiger partial charge < -0.3 is 50.2 Å². The van der Waals surface area contributed by atoms with Gasteiger partial charge in [-0.05, 0) is 24.3 Å². The van der Waals surface area contributed by atoms with Crippen molar-refractivity contribution in [2.75, 3.05) is 13.2 Å². The van der Waals surface area contributed by atoms with E-state index in [1.165, 1.54) is 35.3 Å². The number of nitrogens with zero attached hydrogens (tertiary/aromatic N) is 3. The van der Waals surface area contributed by atoms with Gasteiger partial charge >= 0.3 is 5.97 Å². The van der Waals surface area contributed by atoms with E-state index in [0.717, 1.165) is 0 Å². The Labute approximate surface area is 203 Å². The summed E-state index contributed by atoms with van der Waals surface area (Å²) in [5.41, 5.74) is 5.28. The zero-order valence-corrected chi connectivity index (χ0v) is 18.7. The standard InChI is InChI=1S/C21H26N4O11/c22-18(31)19-23-8-25(24-19)14-5-11(27)13(35-14)7-33-20(32)9-1-3-10(4-2-9)34-21-17(30)16(29)15(28)12(6-26)36-21/h1-4,8,11-17,21,26-30H,5-7H2,(H2,22,31)/t11-,12?,13?,14?,15?,16?,17?,21?/m0/s1. The number of carbonyl (C=O) groups excluding carboxylic acids is 2. The first kappa shape index (κ1) is 25.9. The van der Waals surface area contributed by atoms with Crippen LogP contribution in [0.3, 0.4) is 0 Å². The summed E-state index contributed by atoms with van der Waals surface area (Å²) in [7, 11) is 0. The van der Waals surface area contributed by atoms with Crippen LogP contribution in [0.2, 0.25) is 0 Å². The number of nitrogens with two attached hydrogens (primary N) is 1. The molecule has 2 saturated heterocycles. The highest BCUT2D eigenvalue weighted by molar-refractivity contribution is 5.89. The first-order valence-electron chi connectivity index (χ1n) is 11.0. The molecule has 1 aromatic carbocycles. The predicted octanol–water partition coefficient (Wildman–Crippen LogP) is -2.94. The molecule has 0 bridgehead atoms. The fourth-order valence-electron chi connectivity index (χ4n) is 3.76. The van der Waals surface area contributed by atoms with E-state index < -0.39 is 67.6 Å². The molecule has 196 valence electrons. The van der Waals surface area contributed by atoms with Gasteiger partial charge in [-0.1, -0.05) is 0 Å². The number of aliphatic hydroxyl groups excluding tert-OH is 5. The summed E-state index contributed by atoms with van der Waals surface area (Å²) in [6.45, 7) is -0.847. The van der Waals surface area contributed by atoms with Crippen LogP contribution in [0.25, 0.3) is 0 Å². The van der Waals surface area contributed by atoms with E-state index in [4.69, 9.17) is 24.7 Å². The number of primary amides is 1. The van der Waals surface area contributed by atoms with Crippen molar-refractivity contribution in [1.82, 2.24) is 14.8 Å². The molecule has 0 aliphatic carbocycles. The highest BCUT2D eigenvalue weighted by Crippen LogP contribution is 2.29. The van der Waals surface area contributed by atoms with Gasteiger partial charge in [-0.2, -0.15) is 0 Å². The number of amides is 1. The van der Waals surface area contributed by atoms with Crippen molar-refractivity contribution in [2.45, 2.75) is 55.6 Å². The van der Waals surface area contributed by atoms with Crippen molar-refractivity contribution in [3.8, 4) is 5.75 Å². The minimum Gasteiger partial charge on any atom is -0.462 e. The Bertz CT molecular complexity index is 1060. The fraction of sp³-hybridized carbons (Fsp3) is 0.524. The lowest BCUT2D eigenvalue weighted by Gasteiger charge is -2.39. The molecular formula is C21H26N4O11. The highest BCUT2D eigenvalue weighted by Gasteiger charge is 2.44. The Morgan fingerprint density at radius 3 is 2.42 bits per heavy atom. The average molecular weight is 510 g/mol. The number of esters is 1. The van der Waals surface area contributed by atoms with Gasteiger partial charge in [0, 0.05) is 6.42 Å². The number of aromatic nitrogens is 3. The second-order valence-corrected chi connectivity index (χ2v) is 8.28. The van der Waals surface area contributed by atoms with Crippen molar-refractivity contribution in [3.05, 3.63) is 42.0 Å². The summed E-state index contributed by atoms with van der Waals surface area (Å²) in [5.74, 6) is -1.52. The molecule has 0 radical (unpaired) electrons. The van der Waals surface area contributed by atoms with E-state index in [1.807, 2.05) is 0 Å². The molecule has 0 spiro atoms. The zero-order chi connectivity index (χ0) is 26.0. The Hall–Kier alpha value is -3.18. The van der Waals surface area contributed by atoms with Crippen LogP contribution >= 0.6 is 0 Å². The van der Waals surface area contributed by atoms with Gasteiger partial charge in [-0.15, -0.1) is 5.10 Å². The second kappa shape index (κ2) is 10.8. The van der Waals surface area contributed by atoms with Crippen molar-refractivity contribution >= 4 is 11.9 Å². The van der Waals surface area contributed by atoms with E-state index >= 15 is 0 Å². The maximum atomic E-state index is 12.4. The van der Waals surface area contributed by atoms with Crippen molar-refractivity contribution in [3.63, 3.8) is 0 Å². The Morgan fingerprint density at radius 2 is 1.78 bits per heavy atom. The summed E-state index contributed by atoms with van der Waals surface area (Å²) < 4.78 is 22.9. The molecule has 7 N–H and O–H groups in total. The number of benzene rings is 1. The number of ether oxygens (including phenoxy) is 4. The molecule has 1 amide bonds. The molecule has 0 saturated carbocycles. The average Bonchev–Trinajstić information content (AvgIpc) is 3.50. The van der Waals surface area contributed by atoms with E-state index in [1.54, 1.807) is 0 Å². The third-order valence-electron chi connectivity index (χ3n) is 5.80. The van der Waals surface area contributed by atoms with Crippen molar-refractivity contribution in [1.29, 1.82) is 0 Å². The molecular weight excluding hydrogens is 484 g/mol. The van der Waals surface area contributed by atoms with Crippen LogP contribution in [-0.4, -0.2) is 108 Å². The lowest BCUT2D eigenvalue weighted by atomic mass is 9.99. The third-order valence-corrected chi connectivity index (χ3v) is 5.80. The molecule has 15 nitrogen and oxygen atoms in total. The highest BCUT2D eigenvalue weighted by atomic mass is 16.7. The molecule has 8 atom stereocenters. The second-order valence-electron chi connectivity index (χ2n) is 8.28. The molecule has 1 aromatic heterocycles. The maximum Gasteiger partial charge on any atom is 0.338 e. The topological polar surface area (TPSA) is 229 Å². The van der Waals surface area contributed by atoms with Gasteiger partial charge in [0.25, 0.3) is 5.91 Å². The quantitative estimate of drug-likeness (QED) is 0.196. The van der Waals surface area contributed by atoms with E-state index in [-0.39, 0.29) is 30.2 Å². The maximum absolute atomic E-state index is 12.4. The van der Waals surface area contributed by atoms with Crippen LogP contribution in [0.4, 0.5) is 0 Å². The SMILES string of the molecule is NC(=O)c1ncn(C2C[C@H](O)C(COC(=O)c3ccc(OC4OC(CO)C(O)C(O)C4O)cc3)O2)n1. The summed E-state index contributed by atoms with van der Waals surface area (Å²) in [6.07, 6.45) is -8.29. The Morgan fingerprint density at radius 1 is 1.06 bits per heavy atom. The summed E-state index contributed by atoms with van der Waals surface area (Å²) in [5, 5.41) is 53.1. The van der Waals surface area contributed by atoms with E-state index in [2.05, 4.69) is 10.1 Å². The minimum atomic E-state index is -1.59. The molecule has 2 aliphatic rings. The van der Waals surface area contributed by atoms with Crippen molar-refractivity contribution < 1.29 is 54.1 Å². The molecule has 2 fully saturated rings. The number of aliphatic hydroxyl groups is 5. The fourth-order valence-corrected chi connectivity index (χ4v) is 3.76. The molecule has 36 heavy (non-hydrogen) atoms. The largest absolute Gasteiger partial charge is 0.462 e. The van der Waals surface area contributed by atoms with E-state index in [9.17, 15) is 35.1 Å². The van der Waals surface area contributed by atoms with Gasteiger partial charge in [-0.25, -0.2) is 14.5 Å². The number of rotatable bonds is 8. The van der Waals surface area contributed by atoms with Gasteiger partial charge in [0.1, 0.15) is 49.2 Å². The van der Waals surface area contributed by atoms with Crippen LogP contribution in [0.5, 0.6) is 5.75 Å². The van der Waals surface area contributed by atoms with Crippen LogP contribution in [0, 0.1) is 0 Å². The van der Waals surface area contributed by atoms with Gasteiger partial charge in [0.2, 0.25) is 12.1 Å². The zero-order valence-electron chi connectivity index (χ0n) is 18.7. The number of hydrogen-bond donors (Lipinski definition) is 6. The summed E-state index contributed by atoms with van der Waals surface area (Å²) >= 11 is 0. The normalized spacial score (nSPS) is 32.2. The lowest BCUT2D eigenvalue weighted by molar-refractivity contribution is -0.277. The molecule has 2 aromatic rings. The van der Waals surface area contributed by atoms with Gasteiger partial charge in [0.05, 0.1) is 18.3 Å². The predicted molar refractivity (Wildman–Crippen MR) is 114 cm³/mol. The first-order valence-corrected chi connectivity index (χ1v) is 11.0. The molecule has 15 heteroatoms. The van der Waals surface area contributed by atoms with Crippen LogP contribution in [0.15, 0.2) is 30.6 Å². The Balaban J connectivity index is 1.29. The monoisotopic (exact) mass is 510 g/mol. The van der Waals surface area contributed by atoms with Crippen molar-refractivity contribution in [2.24, 2.45) is 5.73 Å². The van der Waals surface area contributed by atoms with Crippen LogP contribution in [0.1, 0.15) is 33.6 Å². The summed E-state index contributed by atoms with van der Waals surface area (Å²) in [6, 6.07) is 5.57. The molecule has 7 unspecified atom stereocenters. The lowest BCUT2D eigenvalue weighted by Crippen LogP contribution is -2.60.